The fourth-order valence-corrected chi connectivity index (χ4v) is 15.6. The minimum atomic E-state index is 0.148. The van der Waals surface area contributed by atoms with Gasteiger partial charge in [0.1, 0.15) is 44.7 Å². The van der Waals surface area contributed by atoms with E-state index in [2.05, 4.69) is 374 Å². The summed E-state index contributed by atoms with van der Waals surface area (Å²) in [5.41, 5.74) is 24.0. The molecule has 0 saturated heterocycles. The quantitative estimate of drug-likeness (QED) is 0.172. The molecule has 20 aromatic rings. The van der Waals surface area contributed by atoms with E-state index in [-0.39, 0.29) is 16.2 Å². The molecule has 0 atom stereocenters. The number of furan rings is 4. The molecule has 111 heavy (non-hydrogen) atoms. The van der Waals surface area contributed by atoms with Crippen LogP contribution in [0.15, 0.2) is 333 Å². The lowest BCUT2D eigenvalue weighted by Gasteiger charge is -2.20. The van der Waals surface area contributed by atoms with E-state index in [1.54, 1.807) is 0 Å². The summed E-state index contributed by atoms with van der Waals surface area (Å²) >= 11 is 0. The van der Waals surface area contributed by atoms with Crippen molar-refractivity contribution in [2.75, 3.05) is 0 Å². The Kier molecular flexibility index (Phi) is 20.6. The number of benzene rings is 14. The van der Waals surface area contributed by atoms with Gasteiger partial charge in [0, 0.05) is 76.0 Å². The molecule has 0 aliphatic heterocycles. The molecule has 6 aromatic heterocycles. The standard InChI is InChI=1S/C22H21N.C21H19N.2C16H16O.2C15H14O/c1-22(2,3)16-9-8-10-17(15-16)23-20-13-6-4-11-18(20)19-12-5-7-14-21(19)23;1-15(2)16-9-3-6-12-19(16)22-20-13-7-4-10-17(20)18-11-5-8-14-21(18)22;1-16(2,3)11-8-9-15-13(10-11)12-6-4-5-7-14(12)17-15;1-16(2,3)11-8-9-13-12-6-4-5-7-14(12)17-15(13)10-11;1-10(2)11-7-5-8-13-12-6-3-4-9-14(12)16-15(11)13;1-10(2)11-7-5-9-14-15(11)12-6-3-4-8-13(12)16-14/h4-15H,1-3H3;3-15H,1-2H3;2*4-10H,1-3H3;2*3-10H,1-2H3. The number of para-hydroxylation sites is 10. The zero-order chi connectivity index (χ0) is 77.5. The van der Waals surface area contributed by atoms with Crippen LogP contribution in [0.4, 0.5) is 0 Å². The number of aromatic nitrogens is 2. The van der Waals surface area contributed by atoms with E-state index in [9.17, 15) is 0 Å². The molecule has 0 aliphatic carbocycles. The first-order valence-electron chi connectivity index (χ1n) is 39.3. The molecule has 554 valence electrons. The van der Waals surface area contributed by atoms with E-state index in [1.807, 2.05) is 54.6 Å². The van der Waals surface area contributed by atoms with Crippen LogP contribution in [0, 0.1) is 0 Å². The molecule has 0 N–H and O–H groups in total. The number of nitrogens with zero attached hydrogens (tertiary/aromatic N) is 2. The van der Waals surface area contributed by atoms with E-state index in [0.29, 0.717) is 17.8 Å². The van der Waals surface area contributed by atoms with Crippen LogP contribution < -0.4 is 0 Å². The lowest BCUT2D eigenvalue weighted by Crippen LogP contribution is -2.11. The van der Waals surface area contributed by atoms with Crippen LogP contribution >= 0.6 is 0 Å². The number of hydrogen-bond acceptors (Lipinski definition) is 4. The van der Waals surface area contributed by atoms with Crippen molar-refractivity contribution in [2.24, 2.45) is 0 Å². The summed E-state index contributed by atoms with van der Waals surface area (Å²) in [6, 6.07) is 111. The van der Waals surface area contributed by atoms with Crippen molar-refractivity contribution in [1.82, 2.24) is 9.13 Å². The molecule has 0 spiro atoms. The van der Waals surface area contributed by atoms with Crippen molar-refractivity contribution in [3.8, 4) is 11.4 Å². The lowest BCUT2D eigenvalue weighted by molar-refractivity contribution is 0.587. The average Bonchev–Trinajstić information content (AvgIpc) is 1.60. The monoisotopic (exact) mass is 1450 g/mol. The van der Waals surface area contributed by atoms with Crippen LogP contribution in [0.3, 0.4) is 0 Å². The Labute approximate surface area is 652 Å². The second kappa shape index (κ2) is 30.7. The van der Waals surface area contributed by atoms with Crippen LogP contribution in [-0.2, 0) is 16.2 Å². The SMILES string of the molecule is CC(C)(C)c1ccc2c(c1)oc1ccccc12.CC(C)(C)c1ccc2oc3ccccc3c2c1.CC(C)(C)c1cccc(-n2c3ccccc3c3ccccc32)c1.CC(C)c1cccc2c1oc1ccccc12.CC(C)c1cccc2oc3ccccc3c12.CC(C)c1ccccc1-n1c2ccccc2c2ccccc21. The smallest absolute Gasteiger partial charge is 0.138 e. The van der Waals surface area contributed by atoms with Gasteiger partial charge in [-0.15, -0.1) is 0 Å². The molecule has 0 amide bonds. The first-order chi connectivity index (χ1) is 53.5. The zero-order valence-electron chi connectivity index (χ0n) is 66.8. The highest BCUT2D eigenvalue weighted by Crippen LogP contribution is 2.41. The number of rotatable bonds is 5. The molecular formula is C105H100N2O4. The van der Waals surface area contributed by atoms with Gasteiger partial charge in [-0.2, -0.15) is 0 Å². The maximum atomic E-state index is 5.94. The van der Waals surface area contributed by atoms with Gasteiger partial charge in [0.05, 0.1) is 22.1 Å². The summed E-state index contributed by atoms with van der Waals surface area (Å²) in [5, 5.41) is 15.0. The maximum absolute atomic E-state index is 5.94. The van der Waals surface area contributed by atoms with Gasteiger partial charge in [0.15, 0.2) is 0 Å². The van der Waals surface area contributed by atoms with Crippen LogP contribution in [0.25, 0.3) is 143 Å². The third-order valence-electron chi connectivity index (χ3n) is 21.5. The van der Waals surface area contributed by atoms with Gasteiger partial charge < -0.3 is 26.8 Å². The van der Waals surface area contributed by atoms with Crippen molar-refractivity contribution < 1.29 is 17.7 Å². The minimum Gasteiger partial charge on any atom is -0.456 e. The molecule has 0 saturated carbocycles. The van der Waals surface area contributed by atoms with Crippen molar-refractivity contribution in [3.05, 3.63) is 349 Å². The van der Waals surface area contributed by atoms with Crippen molar-refractivity contribution in [2.45, 2.75) is 138 Å². The largest absolute Gasteiger partial charge is 0.456 e. The fourth-order valence-electron chi connectivity index (χ4n) is 15.6. The van der Waals surface area contributed by atoms with E-state index in [0.717, 1.165) is 44.7 Å². The zero-order valence-corrected chi connectivity index (χ0v) is 66.8. The first-order valence-corrected chi connectivity index (χ1v) is 39.3. The summed E-state index contributed by atoms with van der Waals surface area (Å²) in [7, 11) is 0. The predicted octanol–water partition coefficient (Wildman–Crippen LogP) is 31.2. The molecule has 6 nitrogen and oxygen atoms in total. The highest BCUT2D eigenvalue weighted by molar-refractivity contribution is 6.12. The first kappa shape index (κ1) is 74.3. The third-order valence-corrected chi connectivity index (χ3v) is 21.5. The molecule has 6 heterocycles. The summed E-state index contributed by atoms with van der Waals surface area (Å²) in [6.45, 7) is 33.5. The Morgan fingerprint density at radius 3 is 1.11 bits per heavy atom. The van der Waals surface area contributed by atoms with Crippen LogP contribution in [0.5, 0.6) is 0 Å². The van der Waals surface area contributed by atoms with Gasteiger partial charge in [-0.1, -0.05) is 328 Å². The molecule has 0 bridgehead atoms. The van der Waals surface area contributed by atoms with E-state index < -0.39 is 0 Å². The molecule has 0 fully saturated rings. The number of fused-ring (bicyclic) bond motifs is 18. The molecule has 20 rings (SSSR count). The summed E-state index contributed by atoms with van der Waals surface area (Å²) in [6.07, 6.45) is 0. The van der Waals surface area contributed by atoms with Gasteiger partial charge in [-0.3, -0.25) is 0 Å². The summed E-state index contributed by atoms with van der Waals surface area (Å²) < 4.78 is 28.3. The Hall–Kier alpha value is -12.1. The Balaban J connectivity index is 0.000000106. The normalized spacial score (nSPS) is 12.0. The molecule has 0 unspecified atom stereocenters. The Bertz CT molecular complexity index is 6590. The molecule has 6 heteroatoms. The van der Waals surface area contributed by atoms with Gasteiger partial charge >= 0.3 is 0 Å². The second-order valence-electron chi connectivity index (χ2n) is 33.3. The maximum Gasteiger partial charge on any atom is 0.138 e. The lowest BCUT2D eigenvalue weighted by atomic mass is 9.86. The summed E-state index contributed by atoms with van der Waals surface area (Å²) in [5.74, 6) is 1.50. The van der Waals surface area contributed by atoms with Crippen molar-refractivity contribution in [1.29, 1.82) is 0 Å². The molecular weight excluding hydrogens is 1350 g/mol. The van der Waals surface area contributed by atoms with Gasteiger partial charge in [-0.05, 0) is 158 Å². The molecule has 0 radical (unpaired) electrons. The van der Waals surface area contributed by atoms with Crippen molar-refractivity contribution >= 4 is 131 Å². The van der Waals surface area contributed by atoms with E-state index >= 15 is 0 Å². The van der Waals surface area contributed by atoms with E-state index in [4.69, 9.17) is 17.7 Å². The van der Waals surface area contributed by atoms with Gasteiger partial charge in [0.2, 0.25) is 0 Å². The van der Waals surface area contributed by atoms with Crippen LogP contribution in [0.2, 0.25) is 0 Å². The third kappa shape index (κ3) is 15.0. The molecule has 14 aromatic carbocycles. The predicted molar refractivity (Wildman–Crippen MR) is 475 cm³/mol. The highest BCUT2D eigenvalue weighted by Gasteiger charge is 2.22. The number of hydrogen-bond donors (Lipinski definition) is 0. The fraction of sp³-hybridized carbons (Fsp3) is 0.200. The second-order valence-corrected chi connectivity index (χ2v) is 33.3. The molecule has 0 aliphatic rings. The average molecular weight is 1450 g/mol. The van der Waals surface area contributed by atoms with Crippen LogP contribution in [-0.4, -0.2) is 9.13 Å². The van der Waals surface area contributed by atoms with Gasteiger partial charge in [-0.25, -0.2) is 0 Å². The van der Waals surface area contributed by atoms with Crippen molar-refractivity contribution in [3.63, 3.8) is 0 Å². The summed E-state index contributed by atoms with van der Waals surface area (Å²) in [4.78, 5) is 0. The Morgan fingerprint density at radius 1 is 0.225 bits per heavy atom. The Morgan fingerprint density at radius 2 is 0.568 bits per heavy atom. The van der Waals surface area contributed by atoms with Gasteiger partial charge in [0.25, 0.3) is 0 Å². The highest BCUT2D eigenvalue weighted by atomic mass is 16.3. The van der Waals surface area contributed by atoms with Crippen LogP contribution in [0.1, 0.15) is 155 Å². The topological polar surface area (TPSA) is 62.4 Å². The van der Waals surface area contributed by atoms with E-state index in [1.165, 1.54) is 131 Å². The minimum absolute atomic E-state index is 0.148.